The van der Waals surface area contributed by atoms with Gasteiger partial charge in [-0.05, 0) is 24.1 Å². The summed E-state index contributed by atoms with van der Waals surface area (Å²) in [5.41, 5.74) is 7.85. The number of nitrogen functional groups attached to an aromatic ring is 1. The van der Waals surface area contributed by atoms with Gasteiger partial charge in [0.25, 0.3) is 5.91 Å². The minimum absolute atomic E-state index is 0.0564. The number of nitrogens with two attached hydrogens (primary N) is 1. The second-order valence-electron chi connectivity index (χ2n) is 6.65. The van der Waals surface area contributed by atoms with Gasteiger partial charge in [0.15, 0.2) is 0 Å². The average Bonchev–Trinajstić information content (AvgIpc) is 2.65. The van der Waals surface area contributed by atoms with Crippen molar-refractivity contribution in [2.75, 3.05) is 18.1 Å². The third-order valence-corrected chi connectivity index (χ3v) is 6.19. The molecular formula is C18H18Cl3N3O4S. The van der Waals surface area contributed by atoms with Crippen LogP contribution in [0.25, 0.3) is 0 Å². The first-order chi connectivity index (χ1) is 13.6. The first-order valence-corrected chi connectivity index (χ1v) is 10.8. The molecule has 0 spiro atoms. The maximum Gasteiger partial charge on any atom is 0.355 e. The third-order valence-electron chi connectivity index (χ3n) is 4.44. The average molecular weight is 479 g/mol. The number of fused-ring (bicyclic) bond motifs is 1. The number of esters is 1. The second kappa shape index (κ2) is 8.63. The van der Waals surface area contributed by atoms with E-state index in [4.69, 9.17) is 45.3 Å². The number of halogens is 3. The summed E-state index contributed by atoms with van der Waals surface area (Å²) in [5.74, 6) is -0.954. The molecule has 7 nitrogen and oxygen atoms in total. The van der Waals surface area contributed by atoms with E-state index in [1.165, 1.54) is 16.7 Å². The molecule has 156 valence electrons. The van der Waals surface area contributed by atoms with Gasteiger partial charge in [0, 0.05) is 11.4 Å². The molecule has 2 aliphatic rings. The zero-order valence-corrected chi connectivity index (χ0v) is 18.4. The zero-order chi connectivity index (χ0) is 21.3. The fraction of sp³-hybridized carbons (Fsp3) is 0.389. The number of hydrogen-bond donors (Lipinski definition) is 2. The lowest BCUT2D eigenvalue weighted by Crippen LogP contribution is -2.70. The van der Waals surface area contributed by atoms with E-state index in [1.54, 1.807) is 31.2 Å². The van der Waals surface area contributed by atoms with Crippen molar-refractivity contribution in [3.05, 3.63) is 41.1 Å². The van der Waals surface area contributed by atoms with E-state index in [2.05, 4.69) is 5.32 Å². The molecule has 2 heterocycles. The highest BCUT2D eigenvalue weighted by Crippen LogP contribution is 2.40. The number of alkyl halides is 3. The number of nitrogens with zero attached hydrogens (tertiary/aromatic N) is 1. The Kier molecular flexibility index (Phi) is 6.57. The number of ether oxygens (including phenoxy) is 1. The van der Waals surface area contributed by atoms with Crippen LogP contribution in [-0.4, -0.2) is 50.3 Å². The van der Waals surface area contributed by atoms with Crippen LogP contribution in [0.1, 0.15) is 12.5 Å². The van der Waals surface area contributed by atoms with Crippen LogP contribution < -0.4 is 11.1 Å². The van der Waals surface area contributed by atoms with Crippen molar-refractivity contribution < 1.29 is 19.1 Å². The van der Waals surface area contributed by atoms with E-state index in [0.717, 1.165) is 0 Å². The molecule has 0 saturated carbocycles. The van der Waals surface area contributed by atoms with Crippen molar-refractivity contribution in [2.24, 2.45) is 0 Å². The molecule has 0 aliphatic carbocycles. The van der Waals surface area contributed by atoms with Gasteiger partial charge < -0.3 is 15.8 Å². The summed E-state index contributed by atoms with van der Waals surface area (Å²) < 4.78 is 3.28. The van der Waals surface area contributed by atoms with Gasteiger partial charge in [0.05, 0.1) is 6.42 Å². The van der Waals surface area contributed by atoms with Crippen LogP contribution >= 0.6 is 46.6 Å². The summed E-state index contributed by atoms with van der Waals surface area (Å²) in [6, 6.07) is 6.29. The zero-order valence-electron chi connectivity index (χ0n) is 15.3. The smallest absolute Gasteiger partial charge is 0.355 e. The number of benzene rings is 1. The fourth-order valence-electron chi connectivity index (χ4n) is 3.07. The third kappa shape index (κ3) is 4.94. The van der Waals surface area contributed by atoms with Crippen LogP contribution in [0, 0.1) is 0 Å². The maximum atomic E-state index is 12.7. The van der Waals surface area contributed by atoms with E-state index in [1.807, 2.05) is 0 Å². The minimum atomic E-state index is -1.75. The van der Waals surface area contributed by atoms with Gasteiger partial charge in [-0.1, -0.05) is 53.0 Å². The monoisotopic (exact) mass is 477 g/mol. The van der Waals surface area contributed by atoms with Crippen molar-refractivity contribution in [1.82, 2.24) is 10.2 Å². The van der Waals surface area contributed by atoms with E-state index in [9.17, 15) is 14.4 Å². The van der Waals surface area contributed by atoms with Crippen molar-refractivity contribution in [2.45, 2.75) is 28.6 Å². The van der Waals surface area contributed by atoms with Gasteiger partial charge >= 0.3 is 5.97 Å². The van der Waals surface area contributed by atoms with Crippen molar-refractivity contribution in [3.63, 3.8) is 0 Å². The summed E-state index contributed by atoms with van der Waals surface area (Å²) in [6.45, 7) is 1.29. The standard InChI is InChI=1S/C18H18Cl3N3O4S/c1-9-7-29-16-13(23-12(25)6-10-4-2-3-5-11(10)22)15(26)24(16)14(9)17(27)28-8-18(19,20)21/h2-5,13,16H,6-8,22H2,1H3,(H,23,25)/t13-,16+/m0/s1. The van der Waals surface area contributed by atoms with Crippen molar-refractivity contribution >= 4 is 70.0 Å². The summed E-state index contributed by atoms with van der Waals surface area (Å²) in [5, 5.41) is 2.32. The predicted molar refractivity (Wildman–Crippen MR) is 114 cm³/mol. The molecule has 0 bridgehead atoms. The molecule has 1 aromatic rings. The molecule has 29 heavy (non-hydrogen) atoms. The molecule has 1 fully saturated rings. The Labute approximate surface area is 186 Å². The van der Waals surface area contributed by atoms with Crippen LogP contribution in [0.5, 0.6) is 0 Å². The molecule has 2 amide bonds. The lowest BCUT2D eigenvalue weighted by Gasteiger charge is -2.49. The van der Waals surface area contributed by atoms with Crippen LogP contribution in [0.15, 0.2) is 35.5 Å². The summed E-state index contributed by atoms with van der Waals surface area (Å²) in [7, 11) is 0. The summed E-state index contributed by atoms with van der Waals surface area (Å²) in [6.07, 6.45) is 0.0564. The second-order valence-corrected chi connectivity index (χ2v) is 10.3. The van der Waals surface area contributed by atoms with E-state index in [0.29, 0.717) is 22.6 Å². The highest BCUT2D eigenvalue weighted by atomic mass is 35.6. The number of para-hydroxylation sites is 1. The lowest BCUT2D eigenvalue weighted by atomic mass is 10.0. The van der Waals surface area contributed by atoms with E-state index >= 15 is 0 Å². The van der Waals surface area contributed by atoms with Crippen LogP contribution in [0.2, 0.25) is 0 Å². The van der Waals surface area contributed by atoms with Gasteiger partial charge in [0.2, 0.25) is 9.70 Å². The Bertz CT molecular complexity index is 887. The Morgan fingerprint density at radius 2 is 2.03 bits per heavy atom. The van der Waals surface area contributed by atoms with Gasteiger partial charge in [-0.25, -0.2) is 4.79 Å². The SMILES string of the molecule is CC1=C(C(=O)OCC(Cl)(Cl)Cl)N2C(=O)[C@H](NC(=O)Cc3ccccc3N)[C@H]2SC1. The summed E-state index contributed by atoms with van der Waals surface area (Å²) in [4.78, 5) is 38.8. The fourth-order valence-corrected chi connectivity index (χ4v) is 4.53. The topological polar surface area (TPSA) is 102 Å². The van der Waals surface area contributed by atoms with Crippen LogP contribution in [0.4, 0.5) is 5.69 Å². The number of nitrogens with one attached hydrogen (secondary N) is 1. The van der Waals surface area contributed by atoms with E-state index < -0.39 is 33.7 Å². The normalized spacial score (nSPS) is 21.4. The highest BCUT2D eigenvalue weighted by Gasteiger charge is 2.54. The van der Waals surface area contributed by atoms with Gasteiger partial charge in [0.1, 0.15) is 23.7 Å². The number of anilines is 1. The molecule has 3 N–H and O–H groups in total. The van der Waals surface area contributed by atoms with Crippen molar-refractivity contribution in [3.8, 4) is 0 Å². The van der Waals surface area contributed by atoms with E-state index in [-0.39, 0.29) is 18.0 Å². The first-order valence-electron chi connectivity index (χ1n) is 8.59. The Balaban J connectivity index is 1.65. The highest BCUT2D eigenvalue weighted by molar-refractivity contribution is 8.00. The van der Waals surface area contributed by atoms with Crippen LogP contribution in [-0.2, 0) is 25.5 Å². The largest absolute Gasteiger partial charge is 0.456 e. The predicted octanol–water partition coefficient (Wildman–Crippen LogP) is 2.40. The van der Waals surface area contributed by atoms with Crippen molar-refractivity contribution in [1.29, 1.82) is 0 Å². The van der Waals surface area contributed by atoms with Crippen LogP contribution in [0.3, 0.4) is 0 Å². The molecule has 0 unspecified atom stereocenters. The number of carbonyl (C=O) groups excluding carboxylic acids is 3. The molecule has 0 aromatic heterocycles. The minimum Gasteiger partial charge on any atom is -0.456 e. The molecule has 2 atom stereocenters. The van der Waals surface area contributed by atoms with Gasteiger partial charge in [-0.15, -0.1) is 11.8 Å². The maximum absolute atomic E-state index is 12.7. The van der Waals surface area contributed by atoms with Gasteiger partial charge in [-0.3, -0.25) is 14.5 Å². The molecule has 11 heteroatoms. The number of carbonyl (C=O) groups is 3. The summed E-state index contributed by atoms with van der Waals surface area (Å²) >= 11 is 18.3. The first kappa shape index (κ1) is 22.1. The number of amides is 2. The molecular weight excluding hydrogens is 461 g/mol. The number of rotatable bonds is 5. The van der Waals surface area contributed by atoms with Gasteiger partial charge in [-0.2, -0.15) is 0 Å². The lowest BCUT2D eigenvalue weighted by molar-refractivity contribution is -0.152. The molecule has 1 aromatic carbocycles. The Morgan fingerprint density at radius 1 is 1.34 bits per heavy atom. The Hall–Kier alpha value is -1.61. The number of β-lactam (4-membered cyclic amide) rings is 1. The number of hydrogen-bond acceptors (Lipinski definition) is 6. The molecule has 2 aliphatic heterocycles. The molecule has 3 rings (SSSR count). The molecule has 0 radical (unpaired) electrons. The Morgan fingerprint density at radius 3 is 2.69 bits per heavy atom. The quantitative estimate of drug-likeness (QED) is 0.292. The number of thioether (sulfide) groups is 1. The molecule has 1 saturated heterocycles.